The van der Waals surface area contributed by atoms with E-state index in [1.165, 1.54) is 12.8 Å². The molecule has 0 radical (unpaired) electrons. The van der Waals surface area contributed by atoms with Crippen molar-refractivity contribution in [2.75, 3.05) is 18.5 Å². The molecule has 0 unspecified atom stereocenters. The van der Waals surface area contributed by atoms with E-state index in [2.05, 4.69) is 50.3 Å². The molecule has 0 amide bonds. The molecule has 2 saturated heterocycles. The van der Waals surface area contributed by atoms with Crippen molar-refractivity contribution in [2.24, 2.45) is 5.92 Å². The minimum atomic E-state index is -0.641. The highest BCUT2D eigenvalue weighted by Crippen LogP contribution is 2.51. The maximum Gasteiger partial charge on any atom is 0.163 e. The minimum absolute atomic E-state index is 0.0329. The number of benzene rings is 1. The molecule has 3 aliphatic rings. The van der Waals surface area contributed by atoms with Gasteiger partial charge in [0.25, 0.3) is 0 Å². The smallest absolute Gasteiger partial charge is 0.163 e. The highest BCUT2D eigenvalue weighted by molar-refractivity contribution is 8.00. The van der Waals surface area contributed by atoms with Crippen LogP contribution >= 0.6 is 11.8 Å². The fraction of sp³-hybridized carbons (Fsp3) is 0.464. The maximum atomic E-state index is 6.41. The topological polar surface area (TPSA) is 83.3 Å². The summed E-state index contributed by atoms with van der Waals surface area (Å²) in [5.74, 6) is 1.90. The molecule has 3 aromatic heterocycles. The van der Waals surface area contributed by atoms with Crippen LogP contribution in [0.2, 0.25) is 0 Å². The molecule has 192 valence electrons. The number of rotatable bonds is 7. The van der Waals surface area contributed by atoms with Crippen LogP contribution in [-0.4, -0.2) is 55.9 Å². The summed E-state index contributed by atoms with van der Waals surface area (Å²) in [7, 11) is 0. The monoisotopic (exact) mass is 517 g/mol. The van der Waals surface area contributed by atoms with Crippen LogP contribution in [0.15, 0.2) is 48.9 Å². The average molecular weight is 518 g/mol. The van der Waals surface area contributed by atoms with Gasteiger partial charge in [0.2, 0.25) is 0 Å². The van der Waals surface area contributed by atoms with E-state index in [1.807, 2.05) is 44.7 Å². The van der Waals surface area contributed by atoms with Gasteiger partial charge in [0.15, 0.2) is 5.79 Å². The number of nitrogens with zero attached hydrogens (tertiary/aromatic N) is 4. The van der Waals surface area contributed by atoms with Gasteiger partial charge in [-0.05, 0) is 69.9 Å². The number of anilines is 1. The summed E-state index contributed by atoms with van der Waals surface area (Å²) >= 11 is 1.82. The molecule has 0 bridgehead atoms. The molecule has 1 aliphatic carbocycles. The summed E-state index contributed by atoms with van der Waals surface area (Å²) in [5, 5.41) is 5.77. The molecular formula is C28H31N5O3S. The van der Waals surface area contributed by atoms with Crippen LogP contribution in [0.3, 0.4) is 0 Å². The lowest BCUT2D eigenvalue weighted by Gasteiger charge is -2.24. The second-order valence-electron chi connectivity index (χ2n) is 10.7. The molecular weight excluding hydrogens is 486 g/mol. The largest absolute Gasteiger partial charge is 0.492 e. The van der Waals surface area contributed by atoms with E-state index >= 15 is 0 Å². The zero-order chi connectivity index (χ0) is 25.1. The van der Waals surface area contributed by atoms with Crippen molar-refractivity contribution >= 4 is 39.5 Å². The zero-order valence-corrected chi connectivity index (χ0v) is 22.1. The van der Waals surface area contributed by atoms with Gasteiger partial charge in [0.05, 0.1) is 16.5 Å². The van der Waals surface area contributed by atoms with Crippen molar-refractivity contribution in [2.45, 2.75) is 62.2 Å². The molecule has 1 N–H and O–H groups in total. The Labute approximate surface area is 220 Å². The van der Waals surface area contributed by atoms with Crippen LogP contribution in [0.4, 0.5) is 5.82 Å². The number of fused-ring (bicyclic) bond motifs is 3. The van der Waals surface area contributed by atoms with Crippen LogP contribution in [0.25, 0.3) is 21.9 Å². The summed E-state index contributed by atoms with van der Waals surface area (Å²) < 4.78 is 21.3. The lowest BCUT2D eigenvalue weighted by atomic mass is 10.1. The average Bonchev–Trinajstić information content (AvgIpc) is 3.41. The Bertz CT molecular complexity index is 1470. The van der Waals surface area contributed by atoms with Crippen molar-refractivity contribution in [3.05, 3.63) is 54.6 Å². The van der Waals surface area contributed by atoms with Gasteiger partial charge in [-0.1, -0.05) is 0 Å². The molecule has 8 nitrogen and oxygen atoms in total. The van der Waals surface area contributed by atoms with Crippen LogP contribution < -0.4 is 10.1 Å². The van der Waals surface area contributed by atoms with Gasteiger partial charge in [-0.2, -0.15) is 0 Å². The third-order valence-corrected chi connectivity index (χ3v) is 8.98. The van der Waals surface area contributed by atoms with Gasteiger partial charge in [-0.3, -0.25) is 0 Å². The highest BCUT2D eigenvalue weighted by atomic mass is 32.2. The number of pyridine rings is 1. The Morgan fingerprint density at radius 1 is 1.11 bits per heavy atom. The summed E-state index contributed by atoms with van der Waals surface area (Å²) in [6.07, 6.45) is 6.17. The van der Waals surface area contributed by atoms with E-state index in [4.69, 9.17) is 19.2 Å². The Morgan fingerprint density at radius 2 is 1.95 bits per heavy atom. The lowest BCUT2D eigenvalue weighted by molar-refractivity contribution is -0.149. The molecule has 4 atom stereocenters. The molecule has 2 aliphatic heterocycles. The molecule has 3 fully saturated rings. The first kappa shape index (κ1) is 23.3. The van der Waals surface area contributed by atoms with E-state index in [-0.39, 0.29) is 22.8 Å². The van der Waals surface area contributed by atoms with Gasteiger partial charge in [0, 0.05) is 29.6 Å². The SMILES string of the molecule is Cc1ncnc2c1ccn2[C@@H]1S[C@H](COc2ccc3ccc(NCC4CC4)nc3c2)[C@H]2OC(C)(C)O[C@H]21. The zero-order valence-electron chi connectivity index (χ0n) is 21.3. The first-order valence-corrected chi connectivity index (χ1v) is 13.9. The number of hydrogen-bond acceptors (Lipinski definition) is 8. The number of thioether (sulfide) groups is 1. The summed E-state index contributed by atoms with van der Waals surface area (Å²) in [4.78, 5) is 13.7. The maximum absolute atomic E-state index is 6.41. The standard InChI is InChI=1S/C28H31N5O3S/c1-16-20-10-11-33(26(20)31-15-30-16)27-25-24(35-28(2,3)36-25)22(37-27)14-34-19-8-6-18-7-9-23(32-21(18)12-19)29-13-17-4-5-17/h6-12,15,17,22,24-25,27H,4-5,13-14H2,1-3H3,(H,29,32)/t22-,24-,25-,27-/m1/s1. The second kappa shape index (κ2) is 8.85. The molecule has 1 aromatic carbocycles. The second-order valence-corrected chi connectivity index (χ2v) is 12.1. The first-order valence-electron chi connectivity index (χ1n) is 13.0. The van der Waals surface area contributed by atoms with Crippen molar-refractivity contribution in [1.82, 2.24) is 19.5 Å². The van der Waals surface area contributed by atoms with Crippen LogP contribution in [-0.2, 0) is 9.47 Å². The fourth-order valence-corrected chi connectivity index (χ4v) is 6.89. The number of aryl methyl sites for hydroxylation is 1. The summed E-state index contributed by atoms with van der Waals surface area (Å²) in [6, 6.07) is 12.4. The third-order valence-electron chi connectivity index (χ3n) is 7.45. The van der Waals surface area contributed by atoms with E-state index in [1.54, 1.807) is 6.33 Å². The fourth-order valence-electron chi connectivity index (χ4n) is 5.35. The van der Waals surface area contributed by atoms with Crippen LogP contribution in [0.5, 0.6) is 5.75 Å². The molecule has 0 spiro atoms. The minimum Gasteiger partial charge on any atom is -0.492 e. The Morgan fingerprint density at radius 3 is 2.81 bits per heavy atom. The Balaban J connectivity index is 1.11. The molecule has 7 rings (SSSR count). The number of aromatic nitrogens is 4. The van der Waals surface area contributed by atoms with Crippen molar-refractivity contribution in [1.29, 1.82) is 0 Å². The van der Waals surface area contributed by atoms with E-state index in [0.29, 0.717) is 6.61 Å². The van der Waals surface area contributed by atoms with E-state index in [0.717, 1.165) is 51.7 Å². The predicted octanol–water partition coefficient (Wildman–Crippen LogP) is 5.32. The third kappa shape index (κ3) is 4.43. The Kier molecular flexibility index (Phi) is 5.56. The van der Waals surface area contributed by atoms with Crippen molar-refractivity contribution in [3.8, 4) is 5.75 Å². The van der Waals surface area contributed by atoms with Gasteiger partial charge >= 0.3 is 0 Å². The lowest BCUT2D eigenvalue weighted by Crippen LogP contribution is -2.32. The van der Waals surface area contributed by atoms with Crippen molar-refractivity contribution in [3.63, 3.8) is 0 Å². The van der Waals surface area contributed by atoms with Gasteiger partial charge in [-0.15, -0.1) is 11.8 Å². The number of ether oxygens (including phenoxy) is 3. The molecule has 37 heavy (non-hydrogen) atoms. The van der Waals surface area contributed by atoms with Crippen LogP contribution in [0.1, 0.15) is 37.8 Å². The number of hydrogen-bond donors (Lipinski definition) is 1. The van der Waals surface area contributed by atoms with Gasteiger partial charge in [0.1, 0.15) is 47.7 Å². The molecule has 9 heteroatoms. The predicted molar refractivity (Wildman–Crippen MR) is 145 cm³/mol. The number of nitrogens with one attached hydrogen (secondary N) is 1. The quantitative estimate of drug-likeness (QED) is 0.353. The van der Waals surface area contributed by atoms with E-state index < -0.39 is 5.79 Å². The molecule has 4 aromatic rings. The van der Waals surface area contributed by atoms with Crippen LogP contribution in [0, 0.1) is 12.8 Å². The first-order chi connectivity index (χ1) is 17.9. The molecule has 1 saturated carbocycles. The highest BCUT2D eigenvalue weighted by Gasteiger charge is 2.55. The summed E-state index contributed by atoms with van der Waals surface area (Å²) in [5.41, 5.74) is 2.83. The van der Waals surface area contributed by atoms with E-state index in [9.17, 15) is 0 Å². The van der Waals surface area contributed by atoms with Gasteiger partial charge < -0.3 is 24.1 Å². The normalized spacial score (nSPS) is 26.6. The van der Waals surface area contributed by atoms with Gasteiger partial charge in [-0.25, -0.2) is 15.0 Å². The summed E-state index contributed by atoms with van der Waals surface area (Å²) in [6.45, 7) is 7.49. The Hall–Kier alpha value is -2.88. The molecule has 5 heterocycles. The van der Waals surface area contributed by atoms with Crippen molar-refractivity contribution < 1.29 is 14.2 Å².